The van der Waals surface area contributed by atoms with Crippen LogP contribution in [0.15, 0.2) is 54.9 Å². The van der Waals surface area contributed by atoms with Crippen LogP contribution in [0.4, 0.5) is 10.1 Å². The summed E-state index contributed by atoms with van der Waals surface area (Å²) >= 11 is 0. The molecule has 4 aromatic rings. The molecule has 2 aromatic carbocycles. The molecule has 170 valence electrons. The second kappa shape index (κ2) is 9.08. The summed E-state index contributed by atoms with van der Waals surface area (Å²) < 4.78 is 16.9. The molecule has 1 unspecified atom stereocenters. The van der Waals surface area contributed by atoms with Crippen molar-refractivity contribution in [2.45, 2.75) is 13.0 Å². The normalized spacial score (nSPS) is 15.4. The Morgan fingerprint density at radius 1 is 1.26 bits per heavy atom. The van der Waals surface area contributed by atoms with E-state index in [9.17, 15) is 9.65 Å². The Hall–Kier alpha value is -4.02. The molecular formula is C27H25FN6. The van der Waals surface area contributed by atoms with Crippen molar-refractivity contribution in [3.63, 3.8) is 0 Å². The molecule has 7 heteroatoms. The summed E-state index contributed by atoms with van der Waals surface area (Å²) in [6.07, 6.45) is 6.40. The molecule has 1 aliphatic rings. The van der Waals surface area contributed by atoms with Gasteiger partial charge < -0.3 is 20.6 Å². The van der Waals surface area contributed by atoms with E-state index in [2.05, 4.69) is 27.5 Å². The SMILES string of the molecule is CNc1ccc(-c2ncc3c(ccn3CC3CCNC3)c2-c2ccc(C#N)c(F)c2)cc1C=N. The van der Waals surface area contributed by atoms with Crippen molar-refractivity contribution in [2.75, 3.05) is 25.5 Å². The zero-order valence-corrected chi connectivity index (χ0v) is 18.9. The molecule has 0 aliphatic carbocycles. The summed E-state index contributed by atoms with van der Waals surface area (Å²) in [7, 11) is 1.82. The average molecular weight is 453 g/mol. The highest BCUT2D eigenvalue weighted by molar-refractivity contribution is 6.02. The van der Waals surface area contributed by atoms with E-state index in [1.54, 1.807) is 6.07 Å². The predicted octanol–water partition coefficient (Wildman–Crippen LogP) is 5.03. The Bertz CT molecular complexity index is 1430. The van der Waals surface area contributed by atoms with E-state index in [1.807, 2.05) is 37.5 Å². The number of hydrogen-bond acceptors (Lipinski definition) is 5. The number of anilines is 1. The maximum Gasteiger partial charge on any atom is 0.141 e. The van der Waals surface area contributed by atoms with Gasteiger partial charge in [-0.15, -0.1) is 0 Å². The Kier molecular flexibility index (Phi) is 5.83. The first-order valence-electron chi connectivity index (χ1n) is 11.3. The number of nitrogens with one attached hydrogen (secondary N) is 3. The molecule has 2 aromatic heterocycles. The van der Waals surface area contributed by atoms with Crippen molar-refractivity contribution in [1.29, 1.82) is 10.7 Å². The first kappa shape index (κ1) is 21.8. The fourth-order valence-electron chi connectivity index (χ4n) is 4.79. The number of benzene rings is 2. The van der Waals surface area contributed by atoms with Gasteiger partial charge in [0.15, 0.2) is 0 Å². The van der Waals surface area contributed by atoms with Crippen molar-refractivity contribution < 1.29 is 4.39 Å². The lowest BCUT2D eigenvalue weighted by Crippen LogP contribution is -2.14. The predicted molar refractivity (Wildman–Crippen MR) is 134 cm³/mol. The molecule has 3 N–H and O–H groups in total. The van der Waals surface area contributed by atoms with Gasteiger partial charge >= 0.3 is 0 Å². The Labute approximate surface area is 197 Å². The lowest BCUT2D eigenvalue weighted by atomic mass is 9.94. The third-order valence-corrected chi connectivity index (χ3v) is 6.57. The molecule has 0 bridgehead atoms. The highest BCUT2D eigenvalue weighted by Crippen LogP contribution is 2.38. The van der Waals surface area contributed by atoms with Crippen LogP contribution in [0.1, 0.15) is 17.5 Å². The number of aromatic nitrogens is 2. The first-order valence-corrected chi connectivity index (χ1v) is 11.3. The number of pyridine rings is 1. The van der Waals surface area contributed by atoms with Crippen molar-refractivity contribution in [3.05, 3.63) is 71.8 Å². The number of nitrogens with zero attached hydrogens (tertiary/aromatic N) is 3. The molecule has 0 saturated carbocycles. The maximum absolute atomic E-state index is 14.7. The van der Waals surface area contributed by atoms with Gasteiger partial charge in [-0.05, 0) is 61.3 Å². The largest absolute Gasteiger partial charge is 0.388 e. The molecule has 34 heavy (non-hydrogen) atoms. The van der Waals surface area contributed by atoms with Crippen LogP contribution in [-0.2, 0) is 6.54 Å². The number of rotatable bonds is 6. The van der Waals surface area contributed by atoms with E-state index in [0.29, 0.717) is 17.2 Å². The van der Waals surface area contributed by atoms with Crippen LogP contribution in [-0.4, -0.2) is 35.9 Å². The summed E-state index contributed by atoms with van der Waals surface area (Å²) in [6.45, 7) is 2.94. The lowest BCUT2D eigenvalue weighted by Gasteiger charge is -2.15. The zero-order chi connectivity index (χ0) is 23.7. The lowest BCUT2D eigenvalue weighted by molar-refractivity contribution is 0.491. The molecule has 1 saturated heterocycles. The number of fused-ring (bicyclic) bond motifs is 1. The summed E-state index contributed by atoms with van der Waals surface area (Å²) in [6, 6.07) is 14.5. The highest BCUT2D eigenvalue weighted by atomic mass is 19.1. The molecule has 3 heterocycles. The van der Waals surface area contributed by atoms with Crippen molar-refractivity contribution in [3.8, 4) is 28.5 Å². The molecule has 0 radical (unpaired) electrons. The Morgan fingerprint density at radius 3 is 2.82 bits per heavy atom. The molecule has 5 rings (SSSR count). The van der Waals surface area contributed by atoms with Gasteiger partial charge in [0, 0.05) is 53.8 Å². The molecule has 1 fully saturated rings. The standard InChI is InChI=1S/C27H25FN6/c1-31-24-5-4-19(10-21(24)13-30)27-26(18-2-3-20(12-29)23(28)11-18)22-7-9-34(25(22)15-33-27)16-17-6-8-32-14-17/h2-5,7,9-11,13,15,17,30-32H,6,8,14,16H2,1H3. The van der Waals surface area contributed by atoms with Crippen LogP contribution < -0.4 is 10.6 Å². The summed E-state index contributed by atoms with van der Waals surface area (Å²) in [5.41, 5.74) is 5.63. The smallest absolute Gasteiger partial charge is 0.141 e. The van der Waals surface area contributed by atoms with Crippen LogP contribution in [0.25, 0.3) is 33.3 Å². The van der Waals surface area contributed by atoms with Gasteiger partial charge in [-0.2, -0.15) is 5.26 Å². The molecule has 1 atom stereocenters. The average Bonchev–Trinajstić information content (AvgIpc) is 3.53. The Morgan fingerprint density at radius 2 is 2.12 bits per heavy atom. The number of halogens is 1. The highest BCUT2D eigenvalue weighted by Gasteiger charge is 2.20. The third-order valence-electron chi connectivity index (χ3n) is 6.57. The topological polar surface area (TPSA) is 89.5 Å². The van der Waals surface area contributed by atoms with Gasteiger partial charge in [-0.3, -0.25) is 4.98 Å². The van der Waals surface area contributed by atoms with E-state index in [1.165, 1.54) is 18.3 Å². The maximum atomic E-state index is 14.7. The third kappa shape index (κ3) is 3.82. The van der Waals surface area contributed by atoms with E-state index in [-0.39, 0.29) is 5.56 Å². The number of hydrogen-bond donors (Lipinski definition) is 3. The van der Waals surface area contributed by atoms with Gasteiger partial charge in [0.2, 0.25) is 0 Å². The fraction of sp³-hybridized carbons (Fsp3) is 0.222. The minimum atomic E-state index is -0.551. The van der Waals surface area contributed by atoms with Gasteiger partial charge in [0.05, 0.1) is 23.0 Å². The van der Waals surface area contributed by atoms with Crippen LogP contribution >= 0.6 is 0 Å². The molecular weight excluding hydrogens is 427 g/mol. The monoisotopic (exact) mass is 452 g/mol. The summed E-state index contributed by atoms with van der Waals surface area (Å²) in [5, 5.41) is 24.5. The minimum Gasteiger partial charge on any atom is -0.388 e. The van der Waals surface area contributed by atoms with Crippen molar-refractivity contribution in [2.24, 2.45) is 5.92 Å². The van der Waals surface area contributed by atoms with Crippen LogP contribution in [0.3, 0.4) is 0 Å². The van der Waals surface area contributed by atoms with Crippen molar-refractivity contribution >= 4 is 22.8 Å². The van der Waals surface area contributed by atoms with Gasteiger partial charge in [-0.1, -0.05) is 12.1 Å². The van der Waals surface area contributed by atoms with Crippen LogP contribution in [0.5, 0.6) is 0 Å². The van der Waals surface area contributed by atoms with Crippen LogP contribution in [0.2, 0.25) is 0 Å². The molecule has 0 spiro atoms. The zero-order valence-electron chi connectivity index (χ0n) is 18.9. The summed E-state index contributed by atoms with van der Waals surface area (Å²) in [5.74, 6) is 0.0143. The molecule has 6 nitrogen and oxygen atoms in total. The van der Waals surface area contributed by atoms with Gasteiger partial charge in [-0.25, -0.2) is 4.39 Å². The molecule has 0 amide bonds. The second-order valence-electron chi connectivity index (χ2n) is 8.61. The van der Waals surface area contributed by atoms with Crippen LogP contribution in [0, 0.1) is 28.5 Å². The molecule has 1 aliphatic heterocycles. The Balaban J connectivity index is 1.72. The quantitative estimate of drug-likeness (QED) is 0.358. The van der Waals surface area contributed by atoms with E-state index in [4.69, 9.17) is 10.4 Å². The van der Waals surface area contributed by atoms with E-state index >= 15 is 0 Å². The van der Waals surface area contributed by atoms with Crippen molar-refractivity contribution in [1.82, 2.24) is 14.9 Å². The van der Waals surface area contributed by atoms with Gasteiger partial charge in [0.25, 0.3) is 0 Å². The second-order valence-corrected chi connectivity index (χ2v) is 8.61. The van der Waals surface area contributed by atoms with E-state index < -0.39 is 5.82 Å². The minimum absolute atomic E-state index is 0.0150. The van der Waals surface area contributed by atoms with Gasteiger partial charge in [0.1, 0.15) is 11.9 Å². The number of nitriles is 1. The fourth-order valence-corrected chi connectivity index (χ4v) is 4.79. The summed E-state index contributed by atoms with van der Waals surface area (Å²) in [4.78, 5) is 4.84. The first-order chi connectivity index (χ1) is 16.6. The van der Waals surface area contributed by atoms with E-state index in [0.717, 1.165) is 59.3 Å².